The number of morpholine rings is 1. The number of sulfonamides is 1. The molecule has 0 saturated carbocycles. The molecule has 0 aromatic heterocycles. The van der Waals surface area contributed by atoms with Crippen molar-refractivity contribution in [2.24, 2.45) is 5.73 Å². The zero-order chi connectivity index (χ0) is 24.6. The van der Waals surface area contributed by atoms with E-state index in [9.17, 15) is 8.42 Å². The Morgan fingerprint density at radius 3 is 2.74 bits per heavy atom. The van der Waals surface area contributed by atoms with Crippen LogP contribution in [0.1, 0.15) is 29.7 Å². The van der Waals surface area contributed by atoms with Crippen LogP contribution >= 0.6 is 0 Å². The van der Waals surface area contributed by atoms with Gasteiger partial charge in [0.25, 0.3) is 0 Å². The molecule has 9 heteroatoms. The second-order valence-electron chi connectivity index (χ2n) is 8.95. The third-order valence-electron chi connectivity index (χ3n) is 6.65. The topological polar surface area (TPSA) is 118 Å². The van der Waals surface area contributed by atoms with Crippen molar-refractivity contribution in [1.82, 2.24) is 5.32 Å². The van der Waals surface area contributed by atoms with Crippen LogP contribution in [-0.4, -0.2) is 52.4 Å². The molecule has 2 aliphatic heterocycles. The van der Waals surface area contributed by atoms with Gasteiger partial charge in [-0.25, -0.2) is 8.42 Å². The summed E-state index contributed by atoms with van der Waals surface area (Å²) in [6.45, 7) is 4.38. The van der Waals surface area contributed by atoms with Gasteiger partial charge in [0.1, 0.15) is 24.3 Å². The predicted octanol–water partition coefficient (Wildman–Crippen LogP) is 2.94. The number of benzene rings is 3. The van der Waals surface area contributed by atoms with Gasteiger partial charge in [-0.3, -0.25) is 9.71 Å². The van der Waals surface area contributed by atoms with E-state index >= 15 is 0 Å². The van der Waals surface area contributed by atoms with Crippen molar-refractivity contribution >= 4 is 32.3 Å². The first-order chi connectivity index (χ1) is 16.9. The van der Waals surface area contributed by atoms with Crippen LogP contribution in [0.5, 0.6) is 5.75 Å². The van der Waals surface area contributed by atoms with Gasteiger partial charge in [0.15, 0.2) is 0 Å². The first-order valence-corrected chi connectivity index (χ1v) is 13.4. The fourth-order valence-corrected chi connectivity index (χ4v) is 6.12. The van der Waals surface area contributed by atoms with Gasteiger partial charge in [-0.05, 0) is 59.2 Å². The molecule has 3 aromatic rings. The molecule has 8 nitrogen and oxygen atoms in total. The smallest absolute Gasteiger partial charge is 0.235 e. The van der Waals surface area contributed by atoms with E-state index in [-0.39, 0.29) is 23.7 Å². The third kappa shape index (κ3) is 4.71. The molecule has 2 atom stereocenters. The second kappa shape index (κ2) is 9.49. The lowest BCUT2D eigenvalue weighted by Crippen LogP contribution is -2.41. The minimum atomic E-state index is -3.52. The fourth-order valence-electron chi connectivity index (χ4n) is 4.78. The highest BCUT2D eigenvalue weighted by molar-refractivity contribution is 7.92. The number of ether oxygens (including phenoxy) is 2. The van der Waals surface area contributed by atoms with Gasteiger partial charge in [-0.15, -0.1) is 0 Å². The lowest BCUT2D eigenvalue weighted by molar-refractivity contribution is 0.000187. The third-order valence-corrected chi connectivity index (χ3v) is 8.43. The molecule has 35 heavy (non-hydrogen) atoms. The van der Waals surface area contributed by atoms with E-state index in [1.165, 1.54) is 0 Å². The maximum Gasteiger partial charge on any atom is 0.235 e. The zero-order valence-electron chi connectivity index (χ0n) is 19.7. The van der Waals surface area contributed by atoms with Crippen molar-refractivity contribution in [3.63, 3.8) is 0 Å². The van der Waals surface area contributed by atoms with E-state index in [1.54, 1.807) is 11.2 Å². The molecule has 0 bridgehead atoms. The summed E-state index contributed by atoms with van der Waals surface area (Å²) in [5.41, 5.74) is 8.84. The summed E-state index contributed by atoms with van der Waals surface area (Å²) in [6.07, 6.45) is 0.546. The van der Waals surface area contributed by atoms with E-state index < -0.39 is 10.0 Å². The van der Waals surface area contributed by atoms with Gasteiger partial charge < -0.3 is 20.5 Å². The van der Waals surface area contributed by atoms with Crippen LogP contribution < -0.4 is 20.1 Å². The molecule has 184 valence electrons. The molecule has 1 fully saturated rings. The number of rotatable bonds is 7. The largest absolute Gasteiger partial charge is 0.491 e. The van der Waals surface area contributed by atoms with Gasteiger partial charge >= 0.3 is 0 Å². The van der Waals surface area contributed by atoms with Gasteiger partial charge in [-0.2, -0.15) is 0 Å². The summed E-state index contributed by atoms with van der Waals surface area (Å²) in [6, 6.07) is 16.8. The van der Waals surface area contributed by atoms with Crippen LogP contribution in [0.2, 0.25) is 0 Å². The normalized spacial score (nSPS) is 20.1. The molecule has 2 heterocycles. The van der Waals surface area contributed by atoms with Crippen LogP contribution in [0.15, 0.2) is 54.6 Å². The molecule has 2 aliphatic rings. The highest BCUT2D eigenvalue weighted by Gasteiger charge is 2.38. The van der Waals surface area contributed by atoms with Crippen molar-refractivity contribution in [2.75, 3.05) is 36.4 Å². The molecule has 5 rings (SSSR count). The Morgan fingerprint density at radius 2 is 2.00 bits per heavy atom. The number of nitrogens with zero attached hydrogens (tertiary/aromatic N) is 1. The molecule has 1 saturated heterocycles. The molecule has 0 amide bonds. The number of nitrogen functional groups attached to an aromatic ring is 1. The van der Waals surface area contributed by atoms with E-state index in [1.807, 2.05) is 54.6 Å². The monoisotopic (exact) mass is 494 g/mol. The summed E-state index contributed by atoms with van der Waals surface area (Å²) in [5, 5.41) is 13.0. The average Bonchev–Trinajstić information content (AvgIpc) is 3.27. The van der Waals surface area contributed by atoms with Crippen molar-refractivity contribution < 1.29 is 17.9 Å². The highest BCUT2D eigenvalue weighted by atomic mass is 32.2. The van der Waals surface area contributed by atoms with Crippen molar-refractivity contribution in [2.45, 2.75) is 25.5 Å². The summed E-state index contributed by atoms with van der Waals surface area (Å²) >= 11 is 0. The Balaban J connectivity index is 1.47. The average molecular weight is 495 g/mol. The second-order valence-corrected chi connectivity index (χ2v) is 11.1. The predicted molar refractivity (Wildman–Crippen MR) is 138 cm³/mol. The first-order valence-electron chi connectivity index (χ1n) is 11.8. The number of fused-ring (bicyclic) bond motifs is 2. The van der Waals surface area contributed by atoms with Gasteiger partial charge in [0.2, 0.25) is 10.0 Å². The Hall–Kier alpha value is -3.14. The molecule has 4 N–H and O–H groups in total. The maximum atomic E-state index is 13.2. The van der Waals surface area contributed by atoms with Crippen LogP contribution in [0.25, 0.3) is 10.8 Å². The molecular weight excluding hydrogens is 464 g/mol. The van der Waals surface area contributed by atoms with Crippen molar-refractivity contribution in [3.8, 4) is 5.75 Å². The molecular formula is C26H30N4O4S. The standard InChI is InChI=1S/C26H30N4O4S/c1-2-35(31,32)30-24-8-7-22(34-16-23-15-29-9-10-33-23)13-21(24)14-25(30)18-5-3-17-4-6-19(26(27)28)12-20(17)11-18/h3-8,11-13,23,25,29H,2,9-10,14-16H2,1H3,(H3,27,28). The Kier molecular flexibility index (Phi) is 6.39. The first kappa shape index (κ1) is 23.6. The minimum absolute atomic E-state index is 0.000728. The quantitative estimate of drug-likeness (QED) is 0.343. The summed E-state index contributed by atoms with van der Waals surface area (Å²) in [7, 11) is -3.52. The van der Waals surface area contributed by atoms with Crippen LogP contribution in [0, 0.1) is 5.41 Å². The van der Waals surface area contributed by atoms with Gasteiger partial charge in [0, 0.05) is 25.1 Å². The SMILES string of the molecule is CCS(=O)(=O)N1c2ccc(OCC3CNCCO3)cc2CC1c1ccc2ccc(C(=N)N)cc2c1. The Morgan fingerprint density at radius 1 is 1.17 bits per heavy atom. The fraction of sp³-hybridized carbons (Fsp3) is 0.346. The van der Waals surface area contributed by atoms with Crippen molar-refractivity contribution in [3.05, 3.63) is 71.3 Å². The van der Waals surface area contributed by atoms with E-state index in [0.717, 1.165) is 35.0 Å². The van der Waals surface area contributed by atoms with Crippen LogP contribution in [0.3, 0.4) is 0 Å². The molecule has 3 aromatic carbocycles. The minimum Gasteiger partial charge on any atom is -0.491 e. The summed E-state index contributed by atoms with van der Waals surface area (Å²) < 4.78 is 39.6. The zero-order valence-corrected chi connectivity index (χ0v) is 20.5. The van der Waals surface area contributed by atoms with E-state index in [2.05, 4.69) is 5.32 Å². The Labute approximate surface area is 205 Å². The van der Waals surface area contributed by atoms with Crippen LogP contribution in [-0.2, 0) is 21.2 Å². The number of anilines is 1. The van der Waals surface area contributed by atoms with Gasteiger partial charge in [-0.1, -0.05) is 24.3 Å². The van der Waals surface area contributed by atoms with Crippen molar-refractivity contribution in [1.29, 1.82) is 5.41 Å². The molecule has 2 unspecified atom stereocenters. The number of nitrogens with one attached hydrogen (secondary N) is 2. The Bertz CT molecular complexity index is 1370. The number of hydrogen-bond acceptors (Lipinski definition) is 6. The highest BCUT2D eigenvalue weighted by Crippen LogP contribution is 2.44. The summed E-state index contributed by atoms with van der Waals surface area (Å²) in [5.74, 6) is 0.717. The maximum absolute atomic E-state index is 13.2. The number of hydrogen-bond donors (Lipinski definition) is 3. The molecule has 0 spiro atoms. The number of nitrogens with two attached hydrogens (primary N) is 1. The number of amidine groups is 1. The van der Waals surface area contributed by atoms with E-state index in [0.29, 0.717) is 36.6 Å². The van der Waals surface area contributed by atoms with Crippen LogP contribution in [0.4, 0.5) is 5.69 Å². The summed E-state index contributed by atoms with van der Waals surface area (Å²) in [4.78, 5) is 0. The lowest BCUT2D eigenvalue weighted by atomic mass is 9.98. The van der Waals surface area contributed by atoms with Gasteiger partial charge in [0.05, 0.1) is 24.1 Å². The molecule has 0 aliphatic carbocycles. The molecule has 0 radical (unpaired) electrons. The van der Waals surface area contributed by atoms with E-state index in [4.69, 9.17) is 20.6 Å². The lowest BCUT2D eigenvalue weighted by Gasteiger charge is -2.27.